The largest absolute Gasteiger partial charge is 0.352 e. The molecule has 8 heteroatoms. The van der Waals surface area contributed by atoms with Crippen LogP contribution in [0.25, 0.3) is 11.4 Å². The lowest BCUT2D eigenvalue weighted by Crippen LogP contribution is -2.35. The summed E-state index contributed by atoms with van der Waals surface area (Å²) in [5.74, 6) is 2.87. The highest BCUT2D eigenvalue weighted by Crippen LogP contribution is 2.35. The van der Waals surface area contributed by atoms with E-state index in [0.717, 1.165) is 35.7 Å². The maximum absolute atomic E-state index is 12.5. The summed E-state index contributed by atoms with van der Waals surface area (Å²) in [5.41, 5.74) is 2.17. The highest BCUT2D eigenvalue weighted by atomic mass is 16.5. The number of carbonyl (C=O) groups excluding carboxylic acids is 1. The number of rotatable bonds is 5. The van der Waals surface area contributed by atoms with Crippen LogP contribution in [0.15, 0.2) is 34.9 Å². The van der Waals surface area contributed by atoms with Gasteiger partial charge in [-0.3, -0.25) is 4.79 Å². The molecular formula is C21H22N6O2. The summed E-state index contributed by atoms with van der Waals surface area (Å²) in [6, 6.07) is 9.69. The van der Waals surface area contributed by atoms with Gasteiger partial charge in [0.25, 0.3) is 5.91 Å². The Morgan fingerprint density at radius 3 is 2.76 bits per heavy atom. The number of amides is 1. The maximum atomic E-state index is 12.5. The third-order valence-corrected chi connectivity index (χ3v) is 5.57. The Labute approximate surface area is 168 Å². The van der Waals surface area contributed by atoms with Gasteiger partial charge < -0.3 is 14.7 Å². The number of anilines is 1. The molecule has 0 spiro atoms. The molecule has 0 saturated heterocycles. The lowest BCUT2D eigenvalue weighted by atomic mass is 9.85. The second-order valence-corrected chi connectivity index (χ2v) is 7.60. The van der Waals surface area contributed by atoms with Crippen molar-refractivity contribution in [3.8, 4) is 11.4 Å². The van der Waals surface area contributed by atoms with Crippen LogP contribution in [-0.2, 0) is 13.0 Å². The van der Waals surface area contributed by atoms with E-state index in [-0.39, 0.29) is 5.91 Å². The van der Waals surface area contributed by atoms with Gasteiger partial charge in [-0.1, -0.05) is 41.9 Å². The van der Waals surface area contributed by atoms with E-state index in [9.17, 15) is 4.79 Å². The smallest absolute Gasteiger partial charge is 0.270 e. The van der Waals surface area contributed by atoms with Crippen molar-refractivity contribution in [3.63, 3.8) is 0 Å². The molecule has 1 N–H and O–H groups in total. The average molecular weight is 390 g/mol. The zero-order valence-corrected chi connectivity index (χ0v) is 16.3. The van der Waals surface area contributed by atoms with Crippen LogP contribution in [0.4, 0.5) is 5.82 Å². The monoisotopic (exact) mass is 390 g/mol. The number of fused-ring (bicyclic) bond motifs is 1. The van der Waals surface area contributed by atoms with Gasteiger partial charge in [0.05, 0.1) is 6.54 Å². The molecule has 0 atom stereocenters. The summed E-state index contributed by atoms with van der Waals surface area (Å²) in [4.78, 5) is 28.4. The molecule has 0 radical (unpaired) electrons. The van der Waals surface area contributed by atoms with E-state index in [1.807, 2.05) is 42.3 Å². The Bertz CT molecular complexity index is 1040. The van der Waals surface area contributed by atoms with Crippen LogP contribution < -0.4 is 10.2 Å². The Kier molecular flexibility index (Phi) is 4.46. The van der Waals surface area contributed by atoms with E-state index < -0.39 is 0 Å². The van der Waals surface area contributed by atoms with Crippen molar-refractivity contribution in [2.45, 2.75) is 38.1 Å². The molecule has 1 aliphatic heterocycles. The van der Waals surface area contributed by atoms with E-state index in [2.05, 4.69) is 20.4 Å². The average Bonchev–Trinajstić information content (AvgIpc) is 3.14. The fourth-order valence-electron chi connectivity index (χ4n) is 3.75. The lowest BCUT2D eigenvalue weighted by Gasteiger charge is -2.25. The molecule has 1 saturated carbocycles. The van der Waals surface area contributed by atoms with Crippen LogP contribution >= 0.6 is 0 Å². The van der Waals surface area contributed by atoms with E-state index in [1.165, 1.54) is 6.42 Å². The summed E-state index contributed by atoms with van der Waals surface area (Å²) in [6.45, 7) is 1.03. The van der Waals surface area contributed by atoms with Crippen molar-refractivity contribution in [2.75, 3.05) is 18.5 Å². The minimum Gasteiger partial charge on any atom is -0.352 e. The minimum absolute atomic E-state index is 0.160. The van der Waals surface area contributed by atoms with Gasteiger partial charge in [-0.05, 0) is 19.3 Å². The highest BCUT2D eigenvalue weighted by Gasteiger charge is 2.28. The van der Waals surface area contributed by atoms with E-state index in [0.29, 0.717) is 42.8 Å². The second kappa shape index (κ2) is 7.27. The first-order valence-electron chi connectivity index (χ1n) is 9.97. The van der Waals surface area contributed by atoms with Gasteiger partial charge in [0.1, 0.15) is 11.5 Å². The lowest BCUT2D eigenvalue weighted by molar-refractivity contribution is 0.0940. The predicted molar refractivity (Wildman–Crippen MR) is 107 cm³/mol. The first-order valence-corrected chi connectivity index (χ1v) is 9.97. The predicted octanol–water partition coefficient (Wildman–Crippen LogP) is 2.72. The maximum Gasteiger partial charge on any atom is 0.270 e. The van der Waals surface area contributed by atoms with Gasteiger partial charge >= 0.3 is 0 Å². The molecule has 2 aromatic heterocycles. The Morgan fingerprint density at radius 1 is 1.17 bits per heavy atom. The molecule has 5 rings (SSSR count). The van der Waals surface area contributed by atoms with Gasteiger partial charge in [0.15, 0.2) is 11.6 Å². The number of benzene rings is 1. The molecule has 1 fully saturated rings. The van der Waals surface area contributed by atoms with Crippen molar-refractivity contribution >= 4 is 11.7 Å². The molecule has 29 heavy (non-hydrogen) atoms. The summed E-state index contributed by atoms with van der Waals surface area (Å²) in [6.07, 6.45) is 4.15. The summed E-state index contributed by atoms with van der Waals surface area (Å²) in [7, 11) is 1.93. The van der Waals surface area contributed by atoms with Crippen LogP contribution in [0.3, 0.4) is 0 Å². The number of nitrogens with one attached hydrogen (secondary N) is 1. The normalized spacial score (nSPS) is 16.1. The number of hydrogen-bond donors (Lipinski definition) is 1. The topological polar surface area (TPSA) is 97.0 Å². The van der Waals surface area contributed by atoms with Crippen LogP contribution in [0.1, 0.15) is 52.9 Å². The summed E-state index contributed by atoms with van der Waals surface area (Å²) < 4.78 is 5.44. The van der Waals surface area contributed by atoms with Gasteiger partial charge in [0, 0.05) is 30.6 Å². The fraction of sp³-hybridized carbons (Fsp3) is 0.381. The number of aromatic nitrogens is 4. The number of nitrogens with zero attached hydrogens (tertiary/aromatic N) is 5. The van der Waals surface area contributed by atoms with Crippen LogP contribution in [0.2, 0.25) is 0 Å². The van der Waals surface area contributed by atoms with Crippen LogP contribution in [-0.4, -0.2) is 39.6 Å². The number of carbonyl (C=O) groups is 1. The van der Waals surface area contributed by atoms with Gasteiger partial charge in [-0.2, -0.15) is 4.98 Å². The van der Waals surface area contributed by atoms with Crippen LogP contribution in [0, 0.1) is 0 Å². The third kappa shape index (κ3) is 3.35. The van der Waals surface area contributed by atoms with E-state index >= 15 is 0 Å². The highest BCUT2D eigenvalue weighted by molar-refractivity contribution is 5.96. The van der Waals surface area contributed by atoms with Gasteiger partial charge in [0.2, 0.25) is 5.89 Å². The molecule has 3 aromatic rings. The third-order valence-electron chi connectivity index (χ3n) is 5.57. The Morgan fingerprint density at radius 2 is 2.00 bits per heavy atom. The van der Waals surface area contributed by atoms with E-state index in [1.54, 1.807) is 0 Å². The first-order chi connectivity index (χ1) is 14.2. The molecule has 148 valence electrons. The van der Waals surface area contributed by atoms with Crippen molar-refractivity contribution < 1.29 is 9.32 Å². The minimum atomic E-state index is -0.160. The molecule has 0 unspecified atom stereocenters. The van der Waals surface area contributed by atoms with Crippen molar-refractivity contribution in [1.82, 2.24) is 25.4 Å². The zero-order valence-electron chi connectivity index (χ0n) is 16.3. The van der Waals surface area contributed by atoms with Gasteiger partial charge in [-0.25, -0.2) is 9.97 Å². The molecular weight excluding hydrogens is 368 g/mol. The molecule has 1 aliphatic carbocycles. The molecule has 2 aliphatic rings. The Hall–Kier alpha value is -3.29. The summed E-state index contributed by atoms with van der Waals surface area (Å²) >= 11 is 0. The first kappa shape index (κ1) is 17.8. The zero-order chi connectivity index (χ0) is 19.8. The Balaban J connectivity index is 1.49. The standard InChI is InChI=1S/C21H22N6O2/c1-27(12-16-23-21(29-26-16)14-8-5-9-14)19-15-10-11-22-20(28)17(15)24-18(25-19)13-6-3-2-4-7-13/h2-4,6-7,14H,5,8-12H2,1H3,(H,22,28). The second-order valence-electron chi connectivity index (χ2n) is 7.60. The van der Waals surface area contributed by atoms with Gasteiger partial charge in [-0.15, -0.1) is 0 Å². The van der Waals surface area contributed by atoms with Crippen molar-refractivity contribution in [1.29, 1.82) is 0 Å². The SMILES string of the molecule is CN(Cc1noc(C2CCC2)n1)c1nc(-c2ccccc2)nc2c1CCNC2=O. The molecule has 1 amide bonds. The van der Waals surface area contributed by atoms with E-state index in [4.69, 9.17) is 9.51 Å². The van der Waals surface area contributed by atoms with Crippen LogP contribution in [0.5, 0.6) is 0 Å². The molecule has 1 aromatic carbocycles. The van der Waals surface area contributed by atoms with Crippen molar-refractivity contribution in [2.24, 2.45) is 0 Å². The summed E-state index contributed by atoms with van der Waals surface area (Å²) in [5, 5.41) is 7.02. The molecule has 8 nitrogen and oxygen atoms in total. The number of hydrogen-bond acceptors (Lipinski definition) is 7. The fourth-order valence-corrected chi connectivity index (χ4v) is 3.75. The molecule has 0 bridgehead atoms. The van der Waals surface area contributed by atoms with Crippen molar-refractivity contribution in [3.05, 3.63) is 53.3 Å². The molecule has 3 heterocycles. The quantitative estimate of drug-likeness (QED) is 0.715.